The molecule has 5 heteroatoms. The lowest BCUT2D eigenvalue weighted by atomic mass is 9.88. The van der Waals surface area contributed by atoms with Crippen LogP contribution in [0.5, 0.6) is 0 Å². The third-order valence-corrected chi connectivity index (χ3v) is 2.49. The molecule has 0 aromatic rings. The second-order valence-electron chi connectivity index (χ2n) is 4.10. The summed E-state index contributed by atoms with van der Waals surface area (Å²) in [5.74, 6) is -3.35. The first-order valence-electron chi connectivity index (χ1n) is 5.06. The van der Waals surface area contributed by atoms with Crippen molar-refractivity contribution in [2.45, 2.75) is 38.5 Å². The Morgan fingerprint density at radius 3 is 2.47 bits per heavy atom. The number of nitrogens with one attached hydrogen (secondary N) is 1. The van der Waals surface area contributed by atoms with Gasteiger partial charge in [0, 0.05) is 25.7 Å². The lowest BCUT2D eigenvalue weighted by Crippen LogP contribution is -2.39. The van der Waals surface area contributed by atoms with E-state index < -0.39 is 12.5 Å². The Hall–Kier alpha value is -1.00. The number of amides is 1. The number of Topliss-reactive ketones (excluding diaryl/α,β-unsaturated/α-hetero) is 1. The maximum absolute atomic E-state index is 12.4. The van der Waals surface area contributed by atoms with Gasteiger partial charge in [0.25, 0.3) is 5.92 Å². The van der Waals surface area contributed by atoms with Crippen LogP contribution in [0.4, 0.5) is 8.78 Å². The van der Waals surface area contributed by atoms with Gasteiger partial charge in [0.2, 0.25) is 5.91 Å². The lowest BCUT2D eigenvalue weighted by Gasteiger charge is -2.21. The average Bonchev–Trinajstić information content (AvgIpc) is 2.14. The molecule has 0 bridgehead atoms. The fourth-order valence-electron chi connectivity index (χ4n) is 1.59. The van der Waals surface area contributed by atoms with Gasteiger partial charge in [-0.05, 0) is 12.8 Å². The van der Waals surface area contributed by atoms with Gasteiger partial charge in [0.05, 0.1) is 6.54 Å². The van der Waals surface area contributed by atoms with Crippen LogP contribution in [-0.2, 0) is 9.59 Å². The van der Waals surface area contributed by atoms with Crippen molar-refractivity contribution >= 4 is 11.7 Å². The molecule has 1 saturated carbocycles. The number of hydrogen-bond acceptors (Lipinski definition) is 2. The fourth-order valence-corrected chi connectivity index (χ4v) is 1.59. The lowest BCUT2D eigenvalue weighted by molar-refractivity contribution is -0.129. The summed E-state index contributed by atoms with van der Waals surface area (Å²) in [7, 11) is 0. The first-order valence-corrected chi connectivity index (χ1v) is 5.06. The number of halogens is 2. The molecule has 0 aromatic heterocycles. The molecule has 15 heavy (non-hydrogen) atoms. The Bertz CT molecular complexity index is 251. The Balaban J connectivity index is 2.31. The van der Waals surface area contributed by atoms with E-state index >= 15 is 0 Å². The molecule has 3 nitrogen and oxygen atoms in total. The molecule has 0 aromatic carbocycles. The highest BCUT2D eigenvalue weighted by Crippen LogP contribution is 2.21. The molecule has 1 aliphatic rings. The zero-order chi connectivity index (χ0) is 11.5. The molecule has 86 valence electrons. The molecular weight excluding hydrogens is 204 g/mol. The monoisotopic (exact) mass is 219 g/mol. The normalized spacial score (nSPS) is 19.0. The van der Waals surface area contributed by atoms with Crippen LogP contribution in [0.15, 0.2) is 0 Å². The number of carbonyl (C=O) groups is 2. The van der Waals surface area contributed by atoms with Crippen molar-refractivity contribution in [2.24, 2.45) is 5.92 Å². The predicted octanol–water partition coefficient (Wildman–Crippen LogP) is 1.52. The number of hydrogen-bond donors (Lipinski definition) is 1. The third kappa shape index (κ3) is 4.36. The molecule has 1 N–H and O–H groups in total. The van der Waals surface area contributed by atoms with Gasteiger partial charge in [0.15, 0.2) is 0 Å². The topological polar surface area (TPSA) is 46.2 Å². The van der Waals surface area contributed by atoms with E-state index in [-0.39, 0.29) is 17.6 Å². The van der Waals surface area contributed by atoms with Crippen LogP contribution >= 0.6 is 0 Å². The highest BCUT2D eigenvalue weighted by Gasteiger charge is 2.27. The summed E-state index contributed by atoms with van der Waals surface area (Å²) in [4.78, 5) is 22.3. The molecule has 1 aliphatic carbocycles. The summed E-state index contributed by atoms with van der Waals surface area (Å²) >= 11 is 0. The summed E-state index contributed by atoms with van der Waals surface area (Å²) in [5, 5.41) is 2.21. The van der Waals surface area contributed by atoms with Gasteiger partial charge in [-0.3, -0.25) is 9.59 Å². The molecule has 1 fully saturated rings. The van der Waals surface area contributed by atoms with E-state index in [0.717, 1.165) is 6.92 Å². The minimum Gasteiger partial charge on any atom is -0.350 e. The molecular formula is C10H15F2NO2. The zero-order valence-corrected chi connectivity index (χ0v) is 8.69. The number of carbonyl (C=O) groups excluding carboxylic acids is 2. The Kier molecular flexibility index (Phi) is 3.77. The number of alkyl halides is 2. The Morgan fingerprint density at radius 2 is 2.00 bits per heavy atom. The number of rotatable bonds is 3. The van der Waals surface area contributed by atoms with Crippen molar-refractivity contribution in [3.05, 3.63) is 0 Å². The molecule has 0 heterocycles. The Morgan fingerprint density at radius 1 is 1.47 bits per heavy atom. The maximum atomic E-state index is 12.4. The maximum Gasteiger partial charge on any atom is 0.262 e. The van der Waals surface area contributed by atoms with E-state index in [1.54, 1.807) is 0 Å². The van der Waals surface area contributed by atoms with Crippen molar-refractivity contribution in [3.8, 4) is 0 Å². The summed E-state index contributed by atoms with van der Waals surface area (Å²) in [6, 6.07) is 0. The van der Waals surface area contributed by atoms with Gasteiger partial charge in [-0.25, -0.2) is 8.78 Å². The summed E-state index contributed by atoms with van der Waals surface area (Å²) in [6.07, 6.45) is 1.75. The average molecular weight is 219 g/mol. The molecule has 1 rings (SSSR count). The molecule has 0 aliphatic heterocycles. The number of ketones is 1. The van der Waals surface area contributed by atoms with Crippen LogP contribution in [0.3, 0.4) is 0 Å². The van der Waals surface area contributed by atoms with Crippen LogP contribution in [0.2, 0.25) is 0 Å². The van der Waals surface area contributed by atoms with Gasteiger partial charge in [0.1, 0.15) is 5.78 Å². The smallest absolute Gasteiger partial charge is 0.262 e. The van der Waals surface area contributed by atoms with Crippen LogP contribution in [-0.4, -0.2) is 24.2 Å². The third-order valence-electron chi connectivity index (χ3n) is 2.49. The van der Waals surface area contributed by atoms with Gasteiger partial charge < -0.3 is 5.32 Å². The van der Waals surface area contributed by atoms with Crippen molar-refractivity contribution in [1.29, 1.82) is 0 Å². The van der Waals surface area contributed by atoms with E-state index in [1.807, 2.05) is 0 Å². The van der Waals surface area contributed by atoms with Crippen molar-refractivity contribution < 1.29 is 18.4 Å². The van der Waals surface area contributed by atoms with Crippen LogP contribution < -0.4 is 5.32 Å². The van der Waals surface area contributed by atoms with Gasteiger partial charge in [-0.1, -0.05) is 0 Å². The highest BCUT2D eigenvalue weighted by atomic mass is 19.3. The SMILES string of the molecule is CC(F)(F)CNC(=O)C1CCC(=O)CC1. The zero-order valence-electron chi connectivity index (χ0n) is 8.69. The summed E-state index contributed by atoms with van der Waals surface area (Å²) < 4.78 is 24.9. The molecule has 0 radical (unpaired) electrons. The second kappa shape index (κ2) is 4.68. The predicted molar refractivity (Wildman–Crippen MR) is 50.6 cm³/mol. The summed E-state index contributed by atoms with van der Waals surface area (Å²) in [5.41, 5.74) is 0. The largest absolute Gasteiger partial charge is 0.350 e. The molecule has 0 spiro atoms. The minimum absolute atomic E-state index is 0.153. The van der Waals surface area contributed by atoms with Crippen molar-refractivity contribution in [1.82, 2.24) is 5.32 Å². The van der Waals surface area contributed by atoms with Crippen LogP contribution in [0.1, 0.15) is 32.6 Å². The molecule has 0 saturated heterocycles. The fraction of sp³-hybridized carbons (Fsp3) is 0.800. The molecule has 1 amide bonds. The Labute approximate surface area is 87.2 Å². The standard InChI is InChI=1S/C10H15F2NO2/c1-10(11,12)6-13-9(15)7-2-4-8(14)5-3-7/h7H,2-6H2,1H3,(H,13,15). The van der Waals surface area contributed by atoms with E-state index in [4.69, 9.17) is 0 Å². The molecule has 0 unspecified atom stereocenters. The van der Waals surface area contributed by atoms with Crippen LogP contribution in [0, 0.1) is 5.92 Å². The molecule has 0 atom stereocenters. The first-order chi connectivity index (χ1) is 6.88. The van der Waals surface area contributed by atoms with E-state index in [2.05, 4.69) is 5.32 Å². The van der Waals surface area contributed by atoms with Gasteiger partial charge in [-0.15, -0.1) is 0 Å². The second-order valence-corrected chi connectivity index (χ2v) is 4.10. The van der Waals surface area contributed by atoms with Gasteiger partial charge >= 0.3 is 0 Å². The first kappa shape index (κ1) is 12.1. The minimum atomic E-state index is -2.87. The summed E-state index contributed by atoms with van der Waals surface area (Å²) in [6.45, 7) is 0.133. The van der Waals surface area contributed by atoms with Gasteiger partial charge in [-0.2, -0.15) is 0 Å². The highest BCUT2D eigenvalue weighted by molar-refractivity contribution is 5.84. The van der Waals surface area contributed by atoms with Crippen molar-refractivity contribution in [2.75, 3.05) is 6.54 Å². The van der Waals surface area contributed by atoms with Crippen LogP contribution in [0.25, 0.3) is 0 Å². The van der Waals surface area contributed by atoms with E-state index in [0.29, 0.717) is 25.7 Å². The van der Waals surface area contributed by atoms with E-state index in [9.17, 15) is 18.4 Å². The van der Waals surface area contributed by atoms with E-state index in [1.165, 1.54) is 0 Å². The van der Waals surface area contributed by atoms with Crippen molar-refractivity contribution in [3.63, 3.8) is 0 Å². The quantitative estimate of drug-likeness (QED) is 0.782.